The number of nitrogens with zero attached hydrogens (tertiary/aromatic N) is 2. The van der Waals surface area contributed by atoms with Gasteiger partial charge < -0.3 is 5.73 Å². The molecule has 0 saturated heterocycles. The molecule has 0 bridgehead atoms. The van der Waals surface area contributed by atoms with Crippen LogP contribution in [0.2, 0.25) is 0 Å². The molecule has 0 radical (unpaired) electrons. The quantitative estimate of drug-likeness (QED) is 0.842. The van der Waals surface area contributed by atoms with Gasteiger partial charge >= 0.3 is 6.18 Å². The van der Waals surface area contributed by atoms with Gasteiger partial charge in [0.1, 0.15) is 0 Å². The van der Waals surface area contributed by atoms with Crippen molar-refractivity contribution in [3.05, 3.63) is 23.5 Å². The average Bonchev–Trinajstić information content (AvgIpc) is 2.17. The SMILES string of the molecule is CCC(N)Cc1ccc(C(F)(F)F)nn1. The van der Waals surface area contributed by atoms with E-state index in [9.17, 15) is 13.2 Å². The van der Waals surface area contributed by atoms with Crippen LogP contribution in [0.5, 0.6) is 0 Å². The molecule has 0 aromatic carbocycles. The Morgan fingerprint density at radius 2 is 2.00 bits per heavy atom. The average molecular weight is 219 g/mol. The highest BCUT2D eigenvalue weighted by molar-refractivity contribution is 5.10. The molecule has 1 rings (SSSR count). The maximum Gasteiger partial charge on any atom is 0.435 e. The number of halogens is 3. The van der Waals surface area contributed by atoms with Gasteiger partial charge in [-0.25, -0.2) is 0 Å². The topological polar surface area (TPSA) is 51.8 Å². The smallest absolute Gasteiger partial charge is 0.327 e. The van der Waals surface area contributed by atoms with E-state index < -0.39 is 11.9 Å². The van der Waals surface area contributed by atoms with Crippen molar-refractivity contribution in [2.75, 3.05) is 0 Å². The summed E-state index contributed by atoms with van der Waals surface area (Å²) < 4.78 is 36.4. The molecule has 0 aliphatic carbocycles. The summed E-state index contributed by atoms with van der Waals surface area (Å²) in [6, 6.07) is 2.15. The van der Waals surface area contributed by atoms with Gasteiger partial charge in [0.15, 0.2) is 5.69 Å². The van der Waals surface area contributed by atoms with E-state index in [0.29, 0.717) is 12.1 Å². The molecule has 6 heteroatoms. The predicted octanol–water partition coefficient (Wildman–Crippen LogP) is 1.78. The van der Waals surface area contributed by atoms with Crippen LogP contribution in [0, 0.1) is 0 Å². The second kappa shape index (κ2) is 4.57. The summed E-state index contributed by atoms with van der Waals surface area (Å²) in [7, 11) is 0. The highest BCUT2D eigenvalue weighted by Gasteiger charge is 2.32. The van der Waals surface area contributed by atoms with Crippen LogP contribution in [0.25, 0.3) is 0 Å². The zero-order valence-electron chi connectivity index (χ0n) is 8.25. The van der Waals surface area contributed by atoms with Crippen molar-refractivity contribution in [1.29, 1.82) is 0 Å². The summed E-state index contributed by atoms with van der Waals surface area (Å²) in [5.41, 5.74) is 5.15. The Morgan fingerprint density at radius 1 is 1.33 bits per heavy atom. The fraction of sp³-hybridized carbons (Fsp3) is 0.556. The van der Waals surface area contributed by atoms with Crippen LogP contribution in [-0.4, -0.2) is 16.2 Å². The molecule has 84 valence electrons. The Balaban J connectivity index is 2.73. The summed E-state index contributed by atoms with van der Waals surface area (Å²) in [5, 5.41) is 6.59. The molecule has 2 N–H and O–H groups in total. The molecular weight excluding hydrogens is 207 g/mol. The number of nitrogens with two attached hydrogens (primary N) is 1. The normalized spacial score (nSPS) is 13.9. The molecule has 1 atom stereocenters. The number of hydrogen-bond donors (Lipinski definition) is 1. The third-order valence-electron chi connectivity index (χ3n) is 2.01. The first-order valence-corrected chi connectivity index (χ1v) is 4.59. The maximum absolute atomic E-state index is 12.1. The number of rotatable bonds is 3. The Labute approximate surface area is 85.5 Å². The lowest BCUT2D eigenvalue weighted by Crippen LogP contribution is -2.22. The zero-order chi connectivity index (χ0) is 11.5. The van der Waals surface area contributed by atoms with Crippen molar-refractivity contribution in [2.45, 2.75) is 32.0 Å². The number of aromatic nitrogens is 2. The van der Waals surface area contributed by atoms with Crippen molar-refractivity contribution in [2.24, 2.45) is 5.73 Å². The predicted molar refractivity (Wildman–Crippen MR) is 49.0 cm³/mol. The molecule has 1 unspecified atom stereocenters. The van der Waals surface area contributed by atoms with Gasteiger partial charge in [0.2, 0.25) is 0 Å². The first-order valence-electron chi connectivity index (χ1n) is 4.59. The molecular formula is C9H12F3N3. The lowest BCUT2D eigenvalue weighted by atomic mass is 10.1. The first kappa shape index (κ1) is 11.9. The minimum absolute atomic E-state index is 0.0870. The van der Waals surface area contributed by atoms with Gasteiger partial charge in [-0.2, -0.15) is 18.3 Å². The van der Waals surface area contributed by atoms with Crippen LogP contribution < -0.4 is 5.73 Å². The molecule has 1 aromatic heterocycles. The molecule has 0 fully saturated rings. The lowest BCUT2D eigenvalue weighted by molar-refractivity contribution is -0.141. The van der Waals surface area contributed by atoms with E-state index in [1.165, 1.54) is 6.07 Å². The van der Waals surface area contributed by atoms with E-state index in [1.54, 1.807) is 0 Å². The second-order valence-electron chi connectivity index (χ2n) is 3.28. The van der Waals surface area contributed by atoms with E-state index in [1.807, 2.05) is 6.92 Å². The van der Waals surface area contributed by atoms with Crippen LogP contribution in [0.15, 0.2) is 12.1 Å². The van der Waals surface area contributed by atoms with E-state index in [2.05, 4.69) is 10.2 Å². The van der Waals surface area contributed by atoms with Crippen molar-refractivity contribution >= 4 is 0 Å². The summed E-state index contributed by atoms with van der Waals surface area (Å²) in [4.78, 5) is 0. The largest absolute Gasteiger partial charge is 0.435 e. The Kier molecular flexibility index (Phi) is 3.62. The highest BCUT2D eigenvalue weighted by Crippen LogP contribution is 2.26. The Bertz CT molecular complexity index is 307. The molecule has 0 aliphatic rings. The minimum Gasteiger partial charge on any atom is -0.327 e. The van der Waals surface area contributed by atoms with Crippen LogP contribution in [0.3, 0.4) is 0 Å². The summed E-state index contributed by atoms with van der Waals surface area (Å²) >= 11 is 0. The van der Waals surface area contributed by atoms with Gasteiger partial charge in [-0.3, -0.25) is 0 Å². The summed E-state index contributed by atoms with van der Waals surface area (Å²) in [5.74, 6) is 0. The van der Waals surface area contributed by atoms with Gasteiger partial charge in [0.05, 0.1) is 5.69 Å². The molecule has 0 spiro atoms. The highest BCUT2D eigenvalue weighted by atomic mass is 19.4. The molecule has 1 heterocycles. The maximum atomic E-state index is 12.1. The van der Waals surface area contributed by atoms with Crippen LogP contribution in [-0.2, 0) is 12.6 Å². The summed E-state index contributed by atoms with van der Waals surface area (Å²) in [6.07, 6.45) is -3.23. The van der Waals surface area contributed by atoms with E-state index in [-0.39, 0.29) is 6.04 Å². The van der Waals surface area contributed by atoms with Gasteiger partial charge in [-0.15, -0.1) is 5.10 Å². The van der Waals surface area contributed by atoms with Crippen molar-refractivity contribution in [3.8, 4) is 0 Å². The number of hydrogen-bond acceptors (Lipinski definition) is 3. The van der Waals surface area contributed by atoms with E-state index in [4.69, 9.17) is 5.73 Å². The fourth-order valence-corrected chi connectivity index (χ4v) is 1.03. The Morgan fingerprint density at radius 3 is 2.40 bits per heavy atom. The van der Waals surface area contributed by atoms with Gasteiger partial charge in [-0.1, -0.05) is 6.92 Å². The third-order valence-corrected chi connectivity index (χ3v) is 2.01. The zero-order valence-corrected chi connectivity index (χ0v) is 8.25. The molecule has 15 heavy (non-hydrogen) atoms. The van der Waals surface area contributed by atoms with Crippen LogP contribution >= 0.6 is 0 Å². The number of alkyl halides is 3. The minimum atomic E-state index is -4.43. The van der Waals surface area contributed by atoms with Crippen molar-refractivity contribution in [1.82, 2.24) is 10.2 Å². The lowest BCUT2D eigenvalue weighted by Gasteiger charge is -2.08. The van der Waals surface area contributed by atoms with Crippen molar-refractivity contribution < 1.29 is 13.2 Å². The molecule has 0 saturated carbocycles. The van der Waals surface area contributed by atoms with Gasteiger partial charge in [0.25, 0.3) is 0 Å². The van der Waals surface area contributed by atoms with Crippen LogP contribution in [0.4, 0.5) is 13.2 Å². The first-order chi connectivity index (χ1) is 6.93. The van der Waals surface area contributed by atoms with Gasteiger partial charge in [-0.05, 0) is 18.6 Å². The van der Waals surface area contributed by atoms with E-state index in [0.717, 1.165) is 12.5 Å². The molecule has 3 nitrogen and oxygen atoms in total. The molecule has 1 aromatic rings. The van der Waals surface area contributed by atoms with Crippen molar-refractivity contribution in [3.63, 3.8) is 0 Å². The third kappa shape index (κ3) is 3.47. The molecule has 0 aliphatic heterocycles. The second-order valence-corrected chi connectivity index (χ2v) is 3.28. The van der Waals surface area contributed by atoms with E-state index >= 15 is 0 Å². The monoisotopic (exact) mass is 219 g/mol. The standard InChI is InChI=1S/C9H12F3N3/c1-2-6(13)5-7-3-4-8(15-14-7)9(10,11)12/h3-4,6H,2,5,13H2,1H3. The summed E-state index contributed by atoms with van der Waals surface area (Å²) in [6.45, 7) is 1.90. The molecule has 0 amide bonds. The van der Waals surface area contributed by atoms with Gasteiger partial charge in [0, 0.05) is 12.5 Å². The fourth-order valence-electron chi connectivity index (χ4n) is 1.03. The van der Waals surface area contributed by atoms with Crippen LogP contribution in [0.1, 0.15) is 24.7 Å². The Hall–Kier alpha value is -1.17.